The SMILES string of the molecule is O=C(O)c1cccc2ccn(Cc3cnc(Cl)s3)c12. The van der Waals surface area contributed by atoms with Crippen molar-refractivity contribution in [2.45, 2.75) is 6.54 Å². The first kappa shape index (κ1) is 12.2. The maximum Gasteiger partial charge on any atom is 0.337 e. The van der Waals surface area contributed by atoms with Crippen molar-refractivity contribution in [1.29, 1.82) is 0 Å². The number of carbonyl (C=O) groups is 1. The number of benzene rings is 1. The molecule has 1 aromatic carbocycles. The first-order valence-electron chi connectivity index (χ1n) is 5.56. The summed E-state index contributed by atoms with van der Waals surface area (Å²) in [6, 6.07) is 7.17. The smallest absolute Gasteiger partial charge is 0.337 e. The minimum Gasteiger partial charge on any atom is -0.478 e. The summed E-state index contributed by atoms with van der Waals surface area (Å²) in [5.74, 6) is -0.923. The molecule has 2 heterocycles. The van der Waals surface area contributed by atoms with E-state index in [0.29, 0.717) is 16.6 Å². The van der Waals surface area contributed by atoms with E-state index in [-0.39, 0.29) is 0 Å². The van der Waals surface area contributed by atoms with E-state index in [9.17, 15) is 9.90 Å². The largest absolute Gasteiger partial charge is 0.478 e. The summed E-state index contributed by atoms with van der Waals surface area (Å²) in [5, 5.41) is 10.2. The Morgan fingerprint density at radius 3 is 2.95 bits per heavy atom. The highest BCUT2D eigenvalue weighted by Gasteiger charge is 2.12. The molecule has 0 atom stereocenters. The molecule has 1 N–H and O–H groups in total. The van der Waals surface area contributed by atoms with Gasteiger partial charge >= 0.3 is 5.97 Å². The van der Waals surface area contributed by atoms with Crippen LogP contribution in [0.1, 0.15) is 15.2 Å². The van der Waals surface area contributed by atoms with Crippen LogP contribution in [0.2, 0.25) is 4.47 Å². The van der Waals surface area contributed by atoms with Crippen LogP contribution in [0.4, 0.5) is 0 Å². The van der Waals surface area contributed by atoms with E-state index < -0.39 is 5.97 Å². The number of rotatable bonds is 3. The van der Waals surface area contributed by atoms with Gasteiger partial charge in [0.1, 0.15) is 0 Å². The molecule has 3 rings (SSSR count). The molecular formula is C13H9ClN2O2S. The quantitative estimate of drug-likeness (QED) is 0.804. The molecule has 3 aromatic rings. The van der Waals surface area contributed by atoms with Gasteiger partial charge in [-0.1, -0.05) is 23.7 Å². The Morgan fingerprint density at radius 2 is 2.26 bits per heavy atom. The van der Waals surface area contributed by atoms with Gasteiger partial charge in [-0.3, -0.25) is 0 Å². The number of hydrogen-bond acceptors (Lipinski definition) is 3. The van der Waals surface area contributed by atoms with Crippen molar-refractivity contribution < 1.29 is 9.90 Å². The molecule has 0 bridgehead atoms. The van der Waals surface area contributed by atoms with Gasteiger partial charge in [0.15, 0.2) is 4.47 Å². The number of nitrogens with zero attached hydrogens (tertiary/aromatic N) is 2. The van der Waals surface area contributed by atoms with E-state index in [1.165, 1.54) is 11.3 Å². The predicted octanol–water partition coefficient (Wildman–Crippen LogP) is 3.50. The molecule has 0 saturated heterocycles. The van der Waals surface area contributed by atoms with Crippen molar-refractivity contribution in [3.8, 4) is 0 Å². The molecule has 6 heteroatoms. The van der Waals surface area contributed by atoms with Gasteiger partial charge in [-0.05, 0) is 12.1 Å². The van der Waals surface area contributed by atoms with Gasteiger partial charge < -0.3 is 9.67 Å². The molecule has 0 amide bonds. The third-order valence-electron chi connectivity index (χ3n) is 2.87. The lowest BCUT2D eigenvalue weighted by atomic mass is 10.1. The number of aromatic nitrogens is 2. The topological polar surface area (TPSA) is 55.1 Å². The van der Waals surface area contributed by atoms with Crippen molar-refractivity contribution in [2.75, 3.05) is 0 Å². The lowest BCUT2D eigenvalue weighted by Gasteiger charge is -2.05. The first-order chi connectivity index (χ1) is 9.15. The average molecular weight is 293 g/mol. The molecule has 19 heavy (non-hydrogen) atoms. The molecule has 0 aliphatic carbocycles. The molecule has 96 valence electrons. The summed E-state index contributed by atoms with van der Waals surface area (Å²) in [6.07, 6.45) is 3.59. The number of para-hydroxylation sites is 1. The molecule has 0 unspecified atom stereocenters. The second kappa shape index (κ2) is 4.68. The Morgan fingerprint density at radius 1 is 1.42 bits per heavy atom. The summed E-state index contributed by atoms with van der Waals surface area (Å²) >= 11 is 7.20. The van der Waals surface area contributed by atoms with Gasteiger partial charge in [0.05, 0.1) is 17.6 Å². The molecule has 4 nitrogen and oxygen atoms in total. The number of thiazole rings is 1. The fraction of sp³-hybridized carbons (Fsp3) is 0.0769. The third-order valence-corrected chi connectivity index (χ3v) is 3.97. The van der Waals surface area contributed by atoms with Crippen molar-refractivity contribution in [3.63, 3.8) is 0 Å². The van der Waals surface area contributed by atoms with Crippen LogP contribution >= 0.6 is 22.9 Å². The maximum absolute atomic E-state index is 11.3. The van der Waals surface area contributed by atoms with E-state index in [1.807, 2.05) is 22.9 Å². The highest BCUT2D eigenvalue weighted by molar-refractivity contribution is 7.15. The number of aromatic carboxylic acids is 1. The zero-order chi connectivity index (χ0) is 13.4. The summed E-state index contributed by atoms with van der Waals surface area (Å²) in [7, 11) is 0. The number of hydrogen-bond donors (Lipinski definition) is 1. The summed E-state index contributed by atoms with van der Waals surface area (Å²) in [4.78, 5) is 16.3. The Kier molecular flexibility index (Phi) is 3.00. The van der Waals surface area contributed by atoms with Crippen LogP contribution < -0.4 is 0 Å². The van der Waals surface area contributed by atoms with Gasteiger partial charge in [0, 0.05) is 22.7 Å². The van der Waals surface area contributed by atoms with Crippen LogP contribution in [-0.4, -0.2) is 20.6 Å². The number of halogens is 1. The van der Waals surface area contributed by atoms with Gasteiger partial charge in [0.25, 0.3) is 0 Å². The van der Waals surface area contributed by atoms with Crippen LogP contribution in [0.3, 0.4) is 0 Å². The lowest BCUT2D eigenvalue weighted by Crippen LogP contribution is -2.03. The summed E-state index contributed by atoms with van der Waals surface area (Å²) in [5.41, 5.74) is 1.03. The Labute approximate surface area is 117 Å². The molecule has 0 aliphatic rings. The number of carboxylic acid groups (broad SMARTS) is 1. The zero-order valence-corrected chi connectivity index (χ0v) is 11.3. The Hall–Kier alpha value is -1.85. The zero-order valence-electron chi connectivity index (χ0n) is 9.71. The van der Waals surface area contributed by atoms with Crippen molar-refractivity contribution >= 4 is 39.8 Å². The molecule has 0 radical (unpaired) electrons. The van der Waals surface area contributed by atoms with Crippen LogP contribution in [0.25, 0.3) is 10.9 Å². The van der Waals surface area contributed by atoms with Crippen LogP contribution in [0.5, 0.6) is 0 Å². The van der Waals surface area contributed by atoms with Gasteiger partial charge in [-0.25, -0.2) is 9.78 Å². The molecular weight excluding hydrogens is 284 g/mol. The van der Waals surface area contributed by atoms with E-state index in [2.05, 4.69) is 4.98 Å². The van der Waals surface area contributed by atoms with Gasteiger partial charge in [0.2, 0.25) is 0 Å². The molecule has 2 aromatic heterocycles. The van der Waals surface area contributed by atoms with Crippen molar-refractivity contribution in [2.24, 2.45) is 0 Å². The molecule has 0 saturated carbocycles. The maximum atomic E-state index is 11.3. The average Bonchev–Trinajstić information content (AvgIpc) is 2.97. The fourth-order valence-electron chi connectivity index (χ4n) is 2.09. The van der Waals surface area contributed by atoms with Crippen molar-refractivity contribution in [3.05, 3.63) is 51.6 Å². The standard InChI is InChI=1S/C13H9ClN2O2S/c14-13-15-6-9(19-13)7-16-5-4-8-2-1-3-10(11(8)16)12(17)18/h1-6H,7H2,(H,17,18). The normalized spacial score (nSPS) is 11.0. The molecule has 0 aliphatic heterocycles. The first-order valence-corrected chi connectivity index (χ1v) is 6.76. The van der Waals surface area contributed by atoms with E-state index in [1.54, 1.807) is 18.3 Å². The number of fused-ring (bicyclic) bond motifs is 1. The minimum absolute atomic E-state index is 0.304. The second-order valence-corrected chi connectivity index (χ2v) is 5.77. The van der Waals surface area contributed by atoms with E-state index >= 15 is 0 Å². The van der Waals surface area contributed by atoms with E-state index in [0.717, 1.165) is 15.8 Å². The van der Waals surface area contributed by atoms with Crippen LogP contribution in [0.15, 0.2) is 36.7 Å². The van der Waals surface area contributed by atoms with E-state index in [4.69, 9.17) is 11.6 Å². The van der Waals surface area contributed by atoms with Crippen LogP contribution in [0, 0.1) is 0 Å². The Balaban J connectivity index is 2.11. The summed E-state index contributed by atoms with van der Waals surface area (Å²) < 4.78 is 2.40. The van der Waals surface area contributed by atoms with Crippen LogP contribution in [-0.2, 0) is 6.54 Å². The highest BCUT2D eigenvalue weighted by atomic mass is 35.5. The molecule has 0 fully saturated rings. The van der Waals surface area contributed by atoms with Gasteiger partial charge in [-0.2, -0.15) is 0 Å². The summed E-state index contributed by atoms with van der Waals surface area (Å²) in [6.45, 7) is 0.568. The fourth-order valence-corrected chi connectivity index (χ4v) is 3.07. The monoisotopic (exact) mass is 292 g/mol. The predicted molar refractivity (Wildman–Crippen MR) is 75.1 cm³/mol. The minimum atomic E-state index is -0.923. The molecule has 0 spiro atoms. The third kappa shape index (κ3) is 2.22. The second-order valence-electron chi connectivity index (χ2n) is 4.07. The Bertz CT molecular complexity index is 763. The van der Waals surface area contributed by atoms with Crippen molar-refractivity contribution in [1.82, 2.24) is 9.55 Å². The highest BCUT2D eigenvalue weighted by Crippen LogP contribution is 2.24. The lowest BCUT2D eigenvalue weighted by molar-refractivity contribution is 0.0698. The van der Waals surface area contributed by atoms with Gasteiger partial charge in [-0.15, -0.1) is 11.3 Å². The number of carboxylic acids is 1.